The van der Waals surface area contributed by atoms with Gasteiger partial charge in [-0.3, -0.25) is 20.3 Å². The van der Waals surface area contributed by atoms with Crippen LogP contribution in [0.1, 0.15) is 32.6 Å². The lowest BCUT2D eigenvalue weighted by Crippen LogP contribution is -2.55. The summed E-state index contributed by atoms with van der Waals surface area (Å²) in [7, 11) is 0. The molecule has 0 bridgehead atoms. The Kier molecular flexibility index (Phi) is 3.34. The topological polar surface area (TPSA) is 96.6 Å². The van der Waals surface area contributed by atoms with E-state index in [-0.39, 0.29) is 28.3 Å². The maximum atomic E-state index is 12.0. The summed E-state index contributed by atoms with van der Waals surface area (Å²) in [5, 5.41) is 6.56. The van der Waals surface area contributed by atoms with Gasteiger partial charge in [-0.1, -0.05) is 6.92 Å². The molecule has 2 atom stereocenters. The Morgan fingerprint density at radius 1 is 1.61 bits per heavy atom. The number of hydrogen-bond acceptors (Lipinski definition) is 4. The van der Waals surface area contributed by atoms with Crippen LogP contribution >= 0.6 is 12.2 Å². The number of thiocarbonyl (C=S) groups is 1. The highest BCUT2D eigenvalue weighted by molar-refractivity contribution is 7.80. The van der Waals surface area contributed by atoms with Crippen LogP contribution in [-0.4, -0.2) is 22.6 Å². The summed E-state index contributed by atoms with van der Waals surface area (Å²) in [6, 6.07) is 0. The highest BCUT2D eigenvalue weighted by Crippen LogP contribution is 2.44. The highest BCUT2D eigenvalue weighted by atomic mass is 32.1. The lowest BCUT2D eigenvalue weighted by Gasteiger charge is -2.43. The first-order valence-electron chi connectivity index (χ1n) is 5.88. The van der Waals surface area contributed by atoms with E-state index in [4.69, 9.17) is 18.0 Å². The van der Waals surface area contributed by atoms with Gasteiger partial charge in [-0.05, 0) is 36.9 Å². The minimum atomic E-state index is -0.370. The molecule has 0 aromatic carbocycles. The van der Waals surface area contributed by atoms with E-state index in [0.29, 0.717) is 6.42 Å². The molecule has 2 rings (SSSR count). The maximum Gasteiger partial charge on any atom is 0.235 e. The zero-order valence-corrected chi connectivity index (χ0v) is 11.0. The molecule has 1 saturated carbocycles. The van der Waals surface area contributed by atoms with E-state index in [1.54, 1.807) is 0 Å². The van der Waals surface area contributed by atoms with Crippen molar-refractivity contribution in [2.75, 3.05) is 0 Å². The fourth-order valence-electron chi connectivity index (χ4n) is 2.89. The second-order valence-corrected chi connectivity index (χ2v) is 5.55. The lowest BCUT2D eigenvalue weighted by atomic mass is 9.62. The minimum Gasteiger partial charge on any atom is -0.375 e. The maximum absolute atomic E-state index is 12.0. The van der Waals surface area contributed by atoms with Crippen LogP contribution in [0.5, 0.6) is 0 Å². The van der Waals surface area contributed by atoms with Gasteiger partial charge in [-0.15, -0.1) is 0 Å². The quantitative estimate of drug-likeness (QED) is 0.354. The number of fused-ring (bicyclic) bond motifs is 1. The Bertz CT molecular complexity index is 448. The Morgan fingerprint density at radius 2 is 2.33 bits per heavy atom. The van der Waals surface area contributed by atoms with Gasteiger partial charge in [0.1, 0.15) is 0 Å². The monoisotopic (exact) mass is 268 g/mol. The Balaban J connectivity index is 2.28. The van der Waals surface area contributed by atoms with Crippen molar-refractivity contribution in [3.63, 3.8) is 0 Å². The third-order valence-corrected chi connectivity index (χ3v) is 3.70. The molecule has 0 radical (unpaired) electrons. The molecule has 2 aliphatic rings. The predicted molar refractivity (Wildman–Crippen MR) is 70.6 cm³/mol. The van der Waals surface area contributed by atoms with Crippen LogP contribution in [0, 0.1) is 11.3 Å². The third kappa shape index (κ3) is 2.35. The molecule has 7 heteroatoms. The first-order valence-corrected chi connectivity index (χ1v) is 6.29. The lowest BCUT2D eigenvalue weighted by molar-refractivity contribution is -0.140. The number of piperidine rings is 1. The summed E-state index contributed by atoms with van der Waals surface area (Å²) in [5.74, 6) is -0.843. The number of carbonyl (C=O) groups is 2. The number of nitrogens with zero attached hydrogens (tertiary/aromatic N) is 1. The Labute approximate surface area is 110 Å². The van der Waals surface area contributed by atoms with E-state index in [2.05, 4.69) is 15.8 Å². The molecule has 1 aliphatic heterocycles. The molecule has 2 amide bonds. The molecular weight excluding hydrogens is 252 g/mol. The van der Waals surface area contributed by atoms with Crippen LogP contribution in [0.4, 0.5) is 0 Å². The standard InChI is InChI=1S/C11H16N4O2S/c1-11-4-2-3-6(14-15-10(12)18)8(11)9(17)13-7(16)5-11/h8H,2-5H2,1H3,(H3,12,15,18)(H,13,16,17)/b14-6-/t8-,11+/m1/s1. The highest BCUT2D eigenvalue weighted by Gasteiger charge is 2.49. The molecule has 1 saturated heterocycles. The number of imide groups is 1. The van der Waals surface area contributed by atoms with Gasteiger partial charge in [0.2, 0.25) is 11.8 Å². The molecule has 0 spiro atoms. The molecule has 4 N–H and O–H groups in total. The van der Waals surface area contributed by atoms with Gasteiger partial charge in [-0.2, -0.15) is 5.10 Å². The van der Waals surface area contributed by atoms with Crippen molar-refractivity contribution >= 4 is 34.9 Å². The summed E-state index contributed by atoms with van der Waals surface area (Å²) in [6.07, 6.45) is 2.83. The van der Waals surface area contributed by atoms with Gasteiger partial charge >= 0.3 is 0 Å². The van der Waals surface area contributed by atoms with Crippen LogP contribution in [0.25, 0.3) is 0 Å². The number of amides is 2. The van der Waals surface area contributed by atoms with Crippen LogP contribution < -0.4 is 16.5 Å². The third-order valence-electron chi connectivity index (χ3n) is 3.61. The number of hydrogen-bond donors (Lipinski definition) is 3. The van der Waals surface area contributed by atoms with E-state index < -0.39 is 0 Å². The zero-order chi connectivity index (χ0) is 13.3. The van der Waals surface area contributed by atoms with Crippen LogP contribution in [0.2, 0.25) is 0 Å². The average Bonchev–Trinajstić information content (AvgIpc) is 2.23. The van der Waals surface area contributed by atoms with Crippen LogP contribution in [0.3, 0.4) is 0 Å². The molecule has 6 nitrogen and oxygen atoms in total. The molecule has 2 fully saturated rings. The molecule has 1 heterocycles. The molecular formula is C11H16N4O2S. The van der Waals surface area contributed by atoms with E-state index in [9.17, 15) is 9.59 Å². The number of rotatable bonds is 1. The number of hydrazone groups is 1. The molecule has 18 heavy (non-hydrogen) atoms. The largest absolute Gasteiger partial charge is 0.375 e. The molecule has 1 aliphatic carbocycles. The van der Waals surface area contributed by atoms with E-state index >= 15 is 0 Å². The first kappa shape index (κ1) is 12.9. The van der Waals surface area contributed by atoms with Crippen molar-refractivity contribution in [1.29, 1.82) is 0 Å². The van der Waals surface area contributed by atoms with Crippen molar-refractivity contribution in [1.82, 2.24) is 10.7 Å². The summed E-state index contributed by atoms with van der Waals surface area (Å²) < 4.78 is 0. The Hall–Kier alpha value is -1.50. The van der Waals surface area contributed by atoms with Gasteiger partial charge in [0.05, 0.1) is 11.6 Å². The summed E-state index contributed by atoms with van der Waals surface area (Å²) in [6.45, 7) is 1.96. The zero-order valence-electron chi connectivity index (χ0n) is 10.2. The van der Waals surface area contributed by atoms with E-state index in [0.717, 1.165) is 25.0 Å². The van der Waals surface area contributed by atoms with E-state index in [1.165, 1.54) is 0 Å². The summed E-state index contributed by atoms with van der Waals surface area (Å²) in [5.41, 5.74) is 8.24. The Morgan fingerprint density at radius 3 is 3.00 bits per heavy atom. The van der Waals surface area contributed by atoms with Crippen LogP contribution in [-0.2, 0) is 9.59 Å². The van der Waals surface area contributed by atoms with Crippen molar-refractivity contribution < 1.29 is 9.59 Å². The predicted octanol–water partition coefficient (Wildman–Crippen LogP) is 0.0285. The van der Waals surface area contributed by atoms with Gasteiger partial charge in [-0.25, -0.2) is 0 Å². The fourth-order valence-corrected chi connectivity index (χ4v) is 2.94. The van der Waals surface area contributed by atoms with Crippen molar-refractivity contribution in [2.45, 2.75) is 32.6 Å². The van der Waals surface area contributed by atoms with Crippen molar-refractivity contribution in [3.8, 4) is 0 Å². The van der Waals surface area contributed by atoms with Crippen LogP contribution in [0.15, 0.2) is 5.10 Å². The smallest absolute Gasteiger partial charge is 0.235 e. The second kappa shape index (κ2) is 4.64. The van der Waals surface area contributed by atoms with Gasteiger partial charge in [0.15, 0.2) is 5.11 Å². The van der Waals surface area contributed by atoms with Crippen molar-refractivity contribution in [3.05, 3.63) is 0 Å². The van der Waals surface area contributed by atoms with Gasteiger partial charge in [0.25, 0.3) is 0 Å². The first-order chi connectivity index (χ1) is 8.42. The summed E-state index contributed by atoms with van der Waals surface area (Å²) in [4.78, 5) is 23.5. The molecule has 0 aromatic rings. The van der Waals surface area contributed by atoms with Gasteiger partial charge < -0.3 is 5.73 Å². The summed E-state index contributed by atoms with van der Waals surface area (Å²) >= 11 is 4.69. The minimum absolute atomic E-state index is 0.0714. The van der Waals surface area contributed by atoms with E-state index in [1.807, 2.05) is 6.92 Å². The number of nitrogens with two attached hydrogens (primary N) is 1. The van der Waals surface area contributed by atoms with Crippen molar-refractivity contribution in [2.24, 2.45) is 22.2 Å². The second-order valence-electron chi connectivity index (χ2n) is 5.11. The molecule has 0 unspecified atom stereocenters. The number of nitrogens with one attached hydrogen (secondary N) is 2. The number of carbonyl (C=O) groups excluding carboxylic acids is 2. The SMILES string of the molecule is C[C@@]12CCC/C(=N/NC(N)=S)[C@@H]1C(=O)NC(=O)C2. The normalized spacial score (nSPS) is 33.8. The average molecular weight is 268 g/mol. The van der Waals surface area contributed by atoms with Gasteiger partial charge in [0, 0.05) is 6.42 Å². The molecule has 98 valence electrons. The fraction of sp³-hybridized carbons (Fsp3) is 0.636. The molecule has 0 aromatic heterocycles.